The maximum atomic E-state index is 12.3. The van der Waals surface area contributed by atoms with Gasteiger partial charge >= 0.3 is 0 Å². The monoisotopic (exact) mass is 346 g/mol. The van der Waals surface area contributed by atoms with E-state index in [2.05, 4.69) is 41.1 Å². The van der Waals surface area contributed by atoms with E-state index in [1.165, 1.54) is 0 Å². The smallest absolute Gasteiger partial charge is 0.255 e. The zero-order chi connectivity index (χ0) is 18.0. The molecule has 0 saturated carbocycles. The third kappa shape index (κ3) is 3.92. The van der Waals surface area contributed by atoms with Crippen molar-refractivity contribution in [3.8, 4) is 0 Å². The molecule has 3 heterocycles. The maximum Gasteiger partial charge on any atom is 0.255 e. The summed E-state index contributed by atoms with van der Waals surface area (Å²) in [5.41, 5.74) is 0.614. The third-order valence-electron chi connectivity index (χ3n) is 4.85. The van der Waals surface area contributed by atoms with Crippen molar-refractivity contribution in [2.24, 2.45) is 0 Å². The summed E-state index contributed by atoms with van der Waals surface area (Å²) in [6, 6.07) is 1.98. The minimum atomic E-state index is -0.0591. The molecule has 25 heavy (non-hydrogen) atoms. The van der Waals surface area contributed by atoms with Crippen LogP contribution in [-0.2, 0) is 0 Å². The minimum absolute atomic E-state index is 0.0591. The fourth-order valence-corrected chi connectivity index (χ4v) is 3.12. The van der Waals surface area contributed by atoms with E-state index in [4.69, 9.17) is 8.94 Å². The van der Waals surface area contributed by atoms with Gasteiger partial charge in [-0.3, -0.25) is 9.69 Å². The van der Waals surface area contributed by atoms with Crippen molar-refractivity contribution >= 4 is 5.91 Å². The topological polar surface area (TPSA) is 84.4 Å². The van der Waals surface area contributed by atoms with Crippen molar-refractivity contribution in [2.75, 3.05) is 13.1 Å². The van der Waals surface area contributed by atoms with Crippen molar-refractivity contribution in [1.82, 2.24) is 20.4 Å². The third-order valence-corrected chi connectivity index (χ3v) is 4.85. The first-order chi connectivity index (χ1) is 12.0. The fraction of sp³-hybridized carbons (Fsp3) is 0.611. The van der Waals surface area contributed by atoms with Gasteiger partial charge in [-0.25, -0.2) is 0 Å². The van der Waals surface area contributed by atoms with Gasteiger partial charge in [0.25, 0.3) is 5.91 Å². The van der Waals surface area contributed by atoms with Crippen LogP contribution in [0.25, 0.3) is 0 Å². The van der Waals surface area contributed by atoms with E-state index in [-0.39, 0.29) is 23.9 Å². The Morgan fingerprint density at radius 2 is 2.04 bits per heavy atom. The second-order valence-electron chi connectivity index (χ2n) is 7.00. The Hall–Kier alpha value is -2.15. The highest BCUT2D eigenvalue weighted by Gasteiger charge is 2.28. The quantitative estimate of drug-likeness (QED) is 0.896. The standard InChI is InChI=1S/C18H26N4O3/c1-11(2)16-20-18(25-21-16)12(3)22-8-5-14(6-9-22)19-17(23)15-7-10-24-13(15)4/h7,10-12,14H,5-6,8-9H2,1-4H3,(H,19,23)/t12-/m1/s1. The zero-order valence-electron chi connectivity index (χ0n) is 15.3. The van der Waals surface area contributed by atoms with Gasteiger partial charge in [0.05, 0.1) is 17.9 Å². The van der Waals surface area contributed by atoms with Crippen LogP contribution in [0, 0.1) is 6.92 Å². The van der Waals surface area contributed by atoms with Crippen molar-refractivity contribution in [3.63, 3.8) is 0 Å². The number of carbonyl (C=O) groups excluding carboxylic acids is 1. The molecule has 1 amide bonds. The van der Waals surface area contributed by atoms with Crippen LogP contribution in [0.2, 0.25) is 0 Å². The van der Waals surface area contributed by atoms with Crippen LogP contribution in [0.15, 0.2) is 21.3 Å². The lowest BCUT2D eigenvalue weighted by atomic mass is 10.0. The minimum Gasteiger partial charge on any atom is -0.469 e. The van der Waals surface area contributed by atoms with Gasteiger partial charge in [-0.15, -0.1) is 0 Å². The molecule has 1 fully saturated rings. The summed E-state index contributed by atoms with van der Waals surface area (Å²) >= 11 is 0. The number of amides is 1. The van der Waals surface area contributed by atoms with Crippen LogP contribution in [-0.4, -0.2) is 40.1 Å². The number of piperidine rings is 1. The number of likely N-dealkylation sites (tertiary alicyclic amines) is 1. The number of rotatable bonds is 5. The Kier molecular flexibility index (Phi) is 5.22. The normalized spacial score (nSPS) is 17.8. The largest absolute Gasteiger partial charge is 0.469 e. The number of hydrogen-bond donors (Lipinski definition) is 1. The van der Waals surface area contributed by atoms with Crippen molar-refractivity contribution in [2.45, 2.75) is 58.5 Å². The van der Waals surface area contributed by atoms with E-state index in [9.17, 15) is 4.79 Å². The number of hydrogen-bond acceptors (Lipinski definition) is 6. The first kappa shape index (κ1) is 17.7. The summed E-state index contributed by atoms with van der Waals surface area (Å²) in [7, 11) is 0. The summed E-state index contributed by atoms with van der Waals surface area (Å²) < 4.78 is 10.6. The lowest BCUT2D eigenvalue weighted by molar-refractivity contribution is 0.0880. The van der Waals surface area contributed by atoms with Crippen LogP contribution < -0.4 is 5.32 Å². The Morgan fingerprint density at radius 3 is 2.60 bits per heavy atom. The summed E-state index contributed by atoms with van der Waals surface area (Å²) in [6.45, 7) is 9.76. The zero-order valence-corrected chi connectivity index (χ0v) is 15.3. The highest BCUT2D eigenvalue weighted by molar-refractivity contribution is 5.95. The van der Waals surface area contributed by atoms with Gasteiger partial charge < -0.3 is 14.3 Å². The molecular weight excluding hydrogens is 320 g/mol. The van der Waals surface area contributed by atoms with E-state index in [1.54, 1.807) is 19.3 Å². The number of nitrogens with one attached hydrogen (secondary N) is 1. The van der Waals surface area contributed by atoms with Gasteiger partial charge in [-0.1, -0.05) is 19.0 Å². The average molecular weight is 346 g/mol. The van der Waals surface area contributed by atoms with Crippen LogP contribution >= 0.6 is 0 Å². The molecule has 0 aliphatic carbocycles. The number of aryl methyl sites for hydroxylation is 1. The van der Waals surface area contributed by atoms with Crippen molar-refractivity contribution in [3.05, 3.63) is 35.4 Å². The first-order valence-corrected chi connectivity index (χ1v) is 8.88. The van der Waals surface area contributed by atoms with Gasteiger partial charge in [0, 0.05) is 25.0 Å². The Labute approximate surface area is 147 Å². The number of aromatic nitrogens is 2. The molecular formula is C18H26N4O3. The van der Waals surface area contributed by atoms with Gasteiger partial charge in [0.2, 0.25) is 5.89 Å². The second-order valence-corrected chi connectivity index (χ2v) is 7.00. The average Bonchev–Trinajstić information content (AvgIpc) is 3.24. The van der Waals surface area contributed by atoms with E-state index in [0.717, 1.165) is 31.8 Å². The predicted molar refractivity (Wildman–Crippen MR) is 92.3 cm³/mol. The summed E-state index contributed by atoms with van der Waals surface area (Å²) in [5, 5.41) is 7.15. The second kappa shape index (κ2) is 7.39. The molecule has 0 spiro atoms. The SMILES string of the molecule is Cc1occc1C(=O)NC1CCN([C@H](C)c2nc(C(C)C)no2)CC1. The number of furan rings is 1. The van der Waals surface area contributed by atoms with Crippen LogP contribution in [0.1, 0.15) is 73.4 Å². The summed E-state index contributed by atoms with van der Waals surface area (Å²) in [4.78, 5) is 19.1. The van der Waals surface area contributed by atoms with Crippen molar-refractivity contribution < 1.29 is 13.7 Å². The molecule has 0 aromatic carbocycles. The summed E-state index contributed by atoms with van der Waals surface area (Å²) in [6.07, 6.45) is 3.35. The molecule has 2 aromatic heterocycles. The van der Waals surface area contributed by atoms with Gasteiger partial charge in [-0.2, -0.15) is 4.98 Å². The molecule has 1 aliphatic rings. The maximum absolute atomic E-state index is 12.3. The number of carbonyl (C=O) groups is 1. The van der Waals surface area contributed by atoms with E-state index in [0.29, 0.717) is 17.2 Å². The lowest BCUT2D eigenvalue weighted by Gasteiger charge is -2.34. The Bertz CT molecular complexity index is 713. The Balaban J connectivity index is 1.52. The molecule has 0 bridgehead atoms. The van der Waals surface area contributed by atoms with E-state index >= 15 is 0 Å². The molecule has 136 valence electrons. The highest BCUT2D eigenvalue weighted by Crippen LogP contribution is 2.24. The summed E-state index contributed by atoms with van der Waals surface area (Å²) in [5.74, 6) is 2.27. The van der Waals surface area contributed by atoms with Crippen LogP contribution in [0.3, 0.4) is 0 Å². The molecule has 7 heteroatoms. The van der Waals surface area contributed by atoms with Gasteiger partial charge in [-0.05, 0) is 32.8 Å². The van der Waals surface area contributed by atoms with Gasteiger partial charge in [0.1, 0.15) is 5.76 Å². The lowest BCUT2D eigenvalue weighted by Crippen LogP contribution is -2.45. The molecule has 1 N–H and O–H groups in total. The molecule has 0 unspecified atom stereocenters. The molecule has 1 atom stereocenters. The molecule has 2 aromatic rings. The first-order valence-electron chi connectivity index (χ1n) is 8.88. The molecule has 1 aliphatic heterocycles. The highest BCUT2D eigenvalue weighted by atomic mass is 16.5. The van der Waals surface area contributed by atoms with Crippen molar-refractivity contribution in [1.29, 1.82) is 0 Å². The van der Waals surface area contributed by atoms with Crippen LogP contribution in [0.5, 0.6) is 0 Å². The molecule has 3 rings (SSSR count). The van der Waals surface area contributed by atoms with Gasteiger partial charge in [0.15, 0.2) is 5.82 Å². The van der Waals surface area contributed by atoms with E-state index in [1.807, 2.05) is 0 Å². The molecule has 0 radical (unpaired) electrons. The molecule has 7 nitrogen and oxygen atoms in total. The van der Waals surface area contributed by atoms with E-state index < -0.39 is 0 Å². The fourth-order valence-electron chi connectivity index (χ4n) is 3.12. The Morgan fingerprint density at radius 1 is 1.32 bits per heavy atom. The molecule has 1 saturated heterocycles. The number of nitrogens with zero attached hydrogens (tertiary/aromatic N) is 3. The van der Waals surface area contributed by atoms with Crippen LogP contribution in [0.4, 0.5) is 0 Å². The predicted octanol–water partition coefficient (Wildman–Crippen LogP) is 3.05.